The zero-order chi connectivity index (χ0) is 13.2. The third-order valence-corrected chi connectivity index (χ3v) is 2.55. The summed E-state index contributed by atoms with van der Waals surface area (Å²) >= 11 is 0. The number of allylic oxidation sites excluding steroid dienone is 1. The molecule has 0 aliphatic rings. The van der Waals surface area contributed by atoms with Gasteiger partial charge in [0, 0.05) is 0 Å². The monoisotopic (exact) mass is 249 g/mol. The highest BCUT2D eigenvalue weighted by Crippen LogP contribution is 2.28. The van der Waals surface area contributed by atoms with E-state index in [1.807, 2.05) is 37.3 Å². The van der Waals surface area contributed by atoms with Crippen molar-refractivity contribution in [2.45, 2.75) is 20.3 Å². The van der Waals surface area contributed by atoms with Gasteiger partial charge in [-0.1, -0.05) is 25.1 Å². The molecule has 3 heteroatoms. The van der Waals surface area contributed by atoms with Crippen molar-refractivity contribution in [3.63, 3.8) is 0 Å². The second kappa shape index (κ2) is 8.59. The molecule has 0 spiro atoms. The molecule has 0 aliphatic carbocycles. The maximum Gasteiger partial charge on any atom is 0.161 e. The molecule has 1 aromatic rings. The molecule has 0 unspecified atom stereocenters. The van der Waals surface area contributed by atoms with E-state index in [1.54, 1.807) is 7.11 Å². The summed E-state index contributed by atoms with van der Waals surface area (Å²) in [6.07, 6.45) is 5.04. The fourth-order valence-corrected chi connectivity index (χ4v) is 1.66. The maximum atomic E-state index is 5.72. The third kappa shape index (κ3) is 4.80. The Kier molecular flexibility index (Phi) is 6.96. The molecule has 0 aliphatic heterocycles. The van der Waals surface area contributed by atoms with Gasteiger partial charge >= 0.3 is 0 Å². The molecule has 0 radical (unpaired) electrons. The van der Waals surface area contributed by atoms with Crippen LogP contribution in [0.5, 0.6) is 11.5 Å². The SMILES string of the molecule is CC=Cc1ccc(OCCCNCC)c(OC)c1. The molecule has 3 nitrogen and oxygen atoms in total. The van der Waals surface area contributed by atoms with Crippen LogP contribution >= 0.6 is 0 Å². The fraction of sp³-hybridized carbons (Fsp3) is 0.467. The summed E-state index contributed by atoms with van der Waals surface area (Å²) in [7, 11) is 1.67. The number of hydrogen-bond donors (Lipinski definition) is 1. The predicted molar refractivity (Wildman–Crippen MR) is 76.4 cm³/mol. The Labute approximate surface area is 110 Å². The van der Waals surface area contributed by atoms with Gasteiger partial charge in [-0.25, -0.2) is 0 Å². The van der Waals surface area contributed by atoms with E-state index in [0.29, 0.717) is 6.61 Å². The molecule has 1 aromatic carbocycles. The largest absolute Gasteiger partial charge is 0.493 e. The van der Waals surface area contributed by atoms with Crippen molar-refractivity contribution in [2.24, 2.45) is 0 Å². The van der Waals surface area contributed by atoms with E-state index >= 15 is 0 Å². The molecule has 0 atom stereocenters. The van der Waals surface area contributed by atoms with Crippen molar-refractivity contribution in [2.75, 3.05) is 26.8 Å². The van der Waals surface area contributed by atoms with Crippen LogP contribution in [0, 0.1) is 0 Å². The molecular weight excluding hydrogens is 226 g/mol. The fourth-order valence-electron chi connectivity index (χ4n) is 1.66. The summed E-state index contributed by atoms with van der Waals surface area (Å²) in [4.78, 5) is 0. The van der Waals surface area contributed by atoms with E-state index in [4.69, 9.17) is 9.47 Å². The quantitative estimate of drug-likeness (QED) is 0.718. The minimum absolute atomic E-state index is 0.701. The van der Waals surface area contributed by atoms with Crippen molar-refractivity contribution < 1.29 is 9.47 Å². The van der Waals surface area contributed by atoms with Crippen molar-refractivity contribution in [3.8, 4) is 11.5 Å². The van der Waals surface area contributed by atoms with Gasteiger partial charge in [0.25, 0.3) is 0 Å². The highest BCUT2D eigenvalue weighted by molar-refractivity contribution is 5.55. The van der Waals surface area contributed by atoms with E-state index < -0.39 is 0 Å². The predicted octanol–water partition coefficient (Wildman–Crippen LogP) is 3.11. The molecule has 18 heavy (non-hydrogen) atoms. The lowest BCUT2D eigenvalue weighted by molar-refractivity contribution is 0.288. The number of nitrogens with one attached hydrogen (secondary N) is 1. The molecule has 100 valence electrons. The molecule has 0 aromatic heterocycles. The average Bonchev–Trinajstić information content (AvgIpc) is 2.40. The standard InChI is InChI=1S/C15H23NO2/c1-4-7-13-8-9-14(15(12-13)17-3)18-11-6-10-16-5-2/h4,7-9,12,16H,5-6,10-11H2,1-3H3. The number of rotatable bonds is 8. The van der Waals surface area contributed by atoms with Crippen LogP contribution in [0.25, 0.3) is 6.08 Å². The summed E-state index contributed by atoms with van der Waals surface area (Å²) < 4.78 is 11.1. The first-order chi connectivity index (χ1) is 8.81. The van der Waals surface area contributed by atoms with Crippen LogP contribution in [0.4, 0.5) is 0 Å². The smallest absolute Gasteiger partial charge is 0.161 e. The van der Waals surface area contributed by atoms with Gasteiger partial charge in [-0.2, -0.15) is 0 Å². The van der Waals surface area contributed by atoms with E-state index in [2.05, 4.69) is 12.2 Å². The van der Waals surface area contributed by atoms with Gasteiger partial charge < -0.3 is 14.8 Å². The number of benzene rings is 1. The molecule has 0 fully saturated rings. The Morgan fingerprint density at radius 2 is 2.11 bits per heavy atom. The topological polar surface area (TPSA) is 30.5 Å². The van der Waals surface area contributed by atoms with Crippen molar-refractivity contribution >= 4 is 6.08 Å². The first-order valence-corrected chi connectivity index (χ1v) is 6.46. The molecule has 0 heterocycles. The summed E-state index contributed by atoms with van der Waals surface area (Å²) in [6.45, 7) is 6.78. The van der Waals surface area contributed by atoms with Crippen molar-refractivity contribution in [1.82, 2.24) is 5.32 Å². The summed E-state index contributed by atoms with van der Waals surface area (Å²) in [5, 5.41) is 3.27. The van der Waals surface area contributed by atoms with E-state index in [1.165, 1.54) is 0 Å². The Morgan fingerprint density at radius 3 is 2.78 bits per heavy atom. The van der Waals surface area contributed by atoms with Crippen LogP contribution in [0.2, 0.25) is 0 Å². The highest BCUT2D eigenvalue weighted by Gasteiger charge is 2.04. The lowest BCUT2D eigenvalue weighted by atomic mass is 10.2. The number of hydrogen-bond acceptors (Lipinski definition) is 3. The first kappa shape index (κ1) is 14.6. The van der Waals surface area contributed by atoms with Gasteiger partial charge in [0.05, 0.1) is 13.7 Å². The molecule has 0 saturated heterocycles. The lowest BCUT2D eigenvalue weighted by Crippen LogP contribution is -2.16. The normalized spacial score (nSPS) is 10.8. The second-order valence-corrected chi connectivity index (χ2v) is 3.97. The number of ether oxygens (including phenoxy) is 2. The first-order valence-electron chi connectivity index (χ1n) is 6.46. The zero-order valence-corrected chi connectivity index (χ0v) is 11.5. The van der Waals surface area contributed by atoms with E-state index in [0.717, 1.165) is 36.6 Å². The summed E-state index contributed by atoms with van der Waals surface area (Å²) in [5.74, 6) is 1.59. The average molecular weight is 249 g/mol. The zero-order valence-electron chi connectivity index (χ0n) is 11.5. The van der Waals surface area contributed by atoms with Crippen LogP contribution in [-0.4, -0.2) is 26.8 Å². The molecular formula is C15H23NO2. The molecule has 0 saturated carbocycles. The van der Waals surface area contributed by atoms with Gasteiger partial charge in [-0.05, 0) is 44.1 Å². The number of methoxy groups -OCH3 is 1. The molecule has 1 rings (SSSR count). The van der Waals surface area contributed by atoms with E-state index in [-0.39, 0.29) is 0 Å². The Bertz CT molecular complexity index is 375. The van der Waals surface area contributed by atoms with Crippen molar-refractivity contribution in [1.29, 1.82) is 0 Å². The van der Waals surface area contributed by atoms with Crippen LogP contribution in [0.15, 0.2) is 24.3 Å². The lowest BCUT2D eigenvalue weighted by Gasteiger charge is -2.11. The third-order valence-electron chi connectivity index (χ3n) is 2.55. The van der Waals surface area contributed by atoms with Crippen molar-refractivity contribution in [3.05, 3.63) is 29.8 Å². The Balaban J connectivity index is 2.54. The molecule has 0 amide bonds. The minimum atomic E-state index is 0.701. The van der Waals surface area contributed by atoms with Crippen LogP contribution in [0.1, 0.15) is 25.8 Å². The van der Waals surface area contributed by atoms with Gasteiger partial charge in [0.2, 0.25) is 0 Å². The van der Waals surface area contributed by atoms with E-state index in [9.17, 15) is 0 Å². The molecule has 1 N–H and O–H groups in total. The second-order valence-electron chi connectivity index (χ2n) is 3.97. The van der Waals surface area contributed by atoms with Crippen LogP contribution in [0.3, 0.4) is 0 Å². The maximum absolute atomic E-state index is 5.72. The van der Waals surface area contributed by atoms with Gasteiger partial charge in [-0.15, -0.1) is 0 Å². The summed E-state index contributed by atoms with van der Waals surface area (Å²) in [6, 6.07) is 5.98. The Morgan fingerprint density at radius 1 is 1.28 bits per heavy atom. The highest BCUT2D eigenvalue weighted by atomic mass is 16.5. The summed E-state index contributed by atoms with van der Waals surface area (Å²) in [5.41, 5.74) is 1.12. The van der Waals surface area contributed by atoms with Crippen LogP contribution < -0.4 is 14.8 Å². The van der Waals surface area contributed by atoms with Gasteiger partial charge in [0.15, 0.2) is 11.5 Å². The molecule has 0 bridgehead atoms. The van der Waals surface area contributed by atoms with Gasteiger partial charge in [0.1, 0.15) is 0 Å². The van der Waals surface area contributed by atoms with Gasteiger partial charge in [-0.3, -0.25) is 0 Å². The Hall–Kier alpha value is -1.48. The minimum Gasteiger partial charge on any atom is -0.493 e. The van der Waals surface area contributed by atoms with Crippen LogP contribution in [-0.2, 0) is 0 Å².